The molecule has 0 bridgehead atoms. The van der Waals surface area contributed by atoms with Crippen LogP contribution in [0.15, 0.2) is 16.6 Å². The van der Waals surface area contributed by atoms with E-state index < -0.39 is 11.8 Å². The molecule has 0 saturated heterocycles. The molecule has 1 aromatic carbocycles. The summed E-state index contributed by atoms with van der Waals surface area (Å²) in [4.78, 5) is 10.8. The molecule has 2 N–H and O–H groups in total. The van der Waals surface area contributed by atoms with Crippen LogP contribution in [0.4, 0.5) is 4.39 Å². The second kappa shape index (κ2) is 4.64. The van der Waals surface area contributed by atoms with Crippen molar-refractivity contribution in [3.8, 4) is 5.75 Å². The van der Waals surface area contributed by atoms with E-state index in [-0.39, 0.29) is 28.5 Å². The van der Waals surface area contributed by atoms with Crippen LogP contribution in [0.25, 0.3) is 0 Å². The Bertz CT molecular complexity index is 457. The minimum absolute atomic E-state index is 0.0314. The molecule has 1 fully saturated rings. The Morgan fingerprint density at radius 3 is 2.71 bits per heavy atom. The van der Waals surface area contributed by atoms with Crippen LogP contribution < -0.4 is 0 Å². The second-order valence-electron chi connectivity index (χ2n) is 4.37. The molecule has 1 unspecified atom stereocenters. The second-order valence-corrected chi connectivity index (χ2v) is 5.22. The maximum atomic E-state index is 13.2. The standard InChI is InChI=1S/C12H12BrFO3/c13-9-3-8(11(15)5-10(9)14)7(4-12(16)17)6-1-2-6/h3,5-7,15H,1-2,4H2,(H,16,17). The molecule has 1 aromatic rings. The third-order valence-corrected chi connectivity index (χ3v) is 3.66. The maximum absolute atomic E-state index is 13.2. The Hall–Kier alpha value is -1.10. The van der Waals surface area contributed by atoms with Gasteiger partial charge in [0.1, 0.15) is 11.6 Å². The van der Waals surface area contributed by atoms with E-state index in [1.54, 1.807) is 0 Å². The van der Waals surface area contributed by atoms with Gasteiger partial charge in [-0.1, -0.05) is 0 Å². The molecule has 1 saturated carbocycles. The van der Waals surface area contributed by atoms with E-state index in [1.165, 1.54) is 6.07 Å². The van der Waals surface area contributed by atoms with Gasteiger partial charge in [0.25, 0.3) is 0 Å². The number of aromatic hydroxyl groups is 1. The van der Waals surface area contributed by atoms with Crippen molar-refractivity contribution in [3.05, 3.63) is 28.0 Å². The molecule has 17 heavy (non-hydrogen) atoms. The highest BCUT2D eigenvalue weighted by Crippen LogP contribution is 2.47. The zero-order chi connectivity index (χ0) is 12.6. The fraction of sp³-hybridized carbons (Fsp3) is 0.417. The highest BCUT2D eigenvalue weighted by molar-refractivity contribution is 9.10. The van der Waals surface area contributed by atoms with Crippen LogP contribution in [0.1, 0.15) is 30.7 Å². The molecule has 92 valence electrons. The van der Waals surface area contributed by atoms with Gasteiger partial charge in [-0.05, 0) is 46.3 Å². The van der Waals surface area contributed by atoms with Gasteiger partial charge in [-0.3, -0.25) is 4.79 Å². The minimum Gasteiger partial charge on any atom is -0.508 e. The molecule has 3 nitrogen and oxygen atoms in total. The number of benzene rings is 1. The van der Waals surface area contributed by atoms with Crippen molar-refractivity contribution >= 4 is 21.9 Å². The summed E-state index contributed by atoms with van der Waals surface area (Å²) < 4.78 is 13.4. The summed E-state index contributed by atoms with van der Waals surface area (Å²) in [6, 6.07) is 2.51. The number of carboxylic acid groups (broad SMARTS) is 1. The van der Waals surface area contributed by atoms with Gasteiger partial charge >= 0.3 is 5.97 Å². The van der Waals surface area contributed by atoms with Crippen LogP contribution in [-0.2, 0) is 4.79 Å². The van der Waals surface area contributed by atoms with Gasteiger partial charge in [-0.25, -0.2) is 4.39 Å². The van der Waals surface area contributed by atoms with Gasteiger partial charge in [0, 0.05) is 12.0 Å². The molecule has 2 rings (SSSR count). The Kier molecular flexibility index (Phi) is 3.38. The molecule has 0 amide bonds. The van der Waals surface area contributed by atoms with Crippen LogP contribution in [0.3, 0.4) is 0 Å². The number of hydrogen-bond acceptors (Lipinski definition) is 2. The number of rotatable bonds is 4. The lowest BCUT2D eigenvalue weighted by atomic mass is 9.90. The summed E-state index contributed by atoms with van der Waals surface area (Å²) in [5.74, 6) is -1.56. The molecular weight excluding hydrogens is 291 g/mol. The van der Waals surface area contributed by atoms with Crippen LogP contribution in [0.5, 0.6) is 5.75 Å². The van der Waals surface area contributed by atoms with Crippen molar-refractivity contribution in [1.82, 2.24) is 0 Å². The fourth-order valence-electron chi connectivity index (χ4n) is 2.07. The average Bonchev–Trinajstić information content (AvgIpc) is 3.04. The van der Waals surface area contributed by atoms with Crippen LogP contribution in [-0.4, -0.2) is 16.2 Å². The first-order valence-corrected chi connectivity index (χ1v) is 6.18. The first-order valence-electron chi connectivity index (χ1n) is 5.38. The smallest absolute Gasteiger partial charge is 0.303 e. The molecule has 5 heteroatoms. The third-order valence-electron chi connectivity index (χ3n) is 3.05. The van der Waals surface area contributed by atoms with Gasteiger partial charge in [0.05, 0.1) is 10.9 Å². The van der Waals surface area contributed by atoms with Gasteiger partial charge in [0.2, 0.25) is 0 Å². The fourth-order valence-corrected chi connectivity index (χ4v) is 2.43. The Morgan fingerprint density at radius 2 is 2.18 bits per heavy atom. The van der Waals surface area contributed by atoms with Crippen molar-refractivity contribution < 1.29 is 19.4 Å². The zero-order valence-corrected chi connectivity index (χ0v) is 10.6. The molecular formula is C12H12BrFO3. The van der Waals surface area contributed by atoms with Gasteiger partial charge in [-0.2, -0.15) is 0 Å². The van der Waals surface area contributed by atoms with E-state index >= 15 is 0 Å². The number of aliphatic carboxylic acids is 1. The first-order chi connectivity index (χ1) is 7.99. The Balaban J connectivity index is 2.35. The summed E-state index contributed by atoms with van der Waals surface area (Å²) in [6.45, 7) is 0. The van der Waals surface area contributed by atoms with Crippen molar-refractivity contribution in [3.63, 3.8) is 0 Å². The topological polar surface area (TPSA) is 57.5 Å². The molecule has 1 aliphatic carbocycles. The van der Waals surface area contributed by atoms with E-state index in [0.717, 1.165) is 18.9 Å². The molecule has 0 heterocycles. The van der Waals surface area contributed by atoms with Gasteiger partial charge in [0.15, 0.2) is 0 Å². The van der Waals surface area contributed by atoms with Gasteiger partial charge in [-0.15, -0.1) is 0 Å². The summed E-state index contributed by atoms with van der Waals surface area (Å²) in [5.41, 5.74) is 0.517. The van der Waals surface area contributed by atoms with E-state index in [0.29, 0.717) is 5.56 Å². The monoisotopic (exact) mass is 302 g/mol. The Labute approximate surface area is 106 Å². The van der Waals surface area contributed by atoms with Crippen molar-refractivity contribution in [2.24, 2.45) is 5.92 Å². The summed E-state index contributed by atoms with van der Waals surface area (Å²) in [5, 5.41) is 18.6. The zero-order valence-electron chi connectivity index (χ0n) is 8.99. The van der Waals surface area contributed by atoms with Crippen molar-refractivity contribution in [2.45, 2.75) is 25.2 Å². The van der Waals surface area contributed by atoms with Crippen LogP contribution in [0.2, 0.25) is 0 Å². The largest absolute Gasteiger partial charge is 0.508 e. The Morgan fingerprint density at radius 1 is 1.53 bits per heavy atom. The maximum Gasteiger partial charge on any atom is 0.303 e. The number of hydrogen-bond donors (Lipinski definition) is 2. The van der Waals surface area contributed by atoms with E-state index in [1.807, 2.05) is 0 Å². The van der Waals surface area contributed by atoms with Crippen molar-refractivity contribution in [2.75, 3.05) is 0 Å². The SMILES string of the molecule is O=C(O)CC(c1cc(Br)c(F)cc1O)C1CC1. The molecule has 0 spiro atoms. The lowest BCUT2D eigenvalue weighted by Crippen LogP contribution is -2.09. The van der Waals surface area contributed by atoms with Crippen LogP contribution >= 0.6 is 15.9 Å². The van der Waals surface area contributed by atoms with Gasteiger partial charge < -0.3 is 10.2 Å². The lowest BCUT2D eigenvalue weighted by Gasteiger charge is -2.16. The predicted molar refractivity (Wildman–Crippen MR) is 63.5 cm³/mol. The molecule has 0 aliphatic heterocycles. The third kappa shape index (κ3) is 2.77. The van der Waals surface area contributed by atoms with E-state index in [9.17, 15) is 14.3 Å². The number of carboxylic acids is 1. The summed E-state index contributed by atoms with van der Waals surface area (Å²) in [6.07, 6.45) is 1.90. The number of halogens is 2. The normalized spacial score (nSPS) is 16.8. The summed E-state index contributed by atoms with van der Waals surface area (Å²) in [7, 11) is 0. The van der Waals surface area contributed by atoms with E-state index in [4.69, 9.17) is 5.11 Å². The highest BCUT2D eigenvalue weighted by atomic mass is 79.9. The van der Waals surface area contributed by atoms with E-state index in [2.05, 4.69) is 15.9 Å². The molecule has 1 atom stereocenters. The van der Waals surface area contributed by atoms with Crippen LogP contribution in [0, 0.1) is 11.7 Å². The van der Waals surface area contributed by atoms with Crippen molar-refractivity contribution in [1.29, 1.82) is 0 Å². The average molecular weight is 303 g/mol. The molecule has 1 aliphatic rings. The minimum atomic E-state index is -0.901. The molecule has 0 aromatic heterocycles. The summed E-state index contributed by atoms with van der Waals surface area (Å²) >= 11 is 3.05. The number of phenolic OH excluding ortho intramolecular Hbond substituents is 1. The molecule has 0 radical (unpaired) electrons. The predicted octanol–water partition coefficient (Wildman–Crippen LogP) is 3.26. The quantitative estimate of drug-likeness (QED) is 0.897. The number of carbonyl (C=O) groups is 1. The first kappa shape index (κ1) is 12.4. The number of phenols is 1. The highest BCUT2D eigenvalue weighted by Gasteiger charge is 2.35. The lowest BCUT2D eigenvalue weighted by molar-refractivity contribution is -0.137.